The zero-order valence-corrected chi connectivity index (χ0v) is 12.1. The van der Waals surface area contributed by atoms with Crippen LogP contribution in [0.5, 0.6) is 5.75 Å². The molecule has 5 heteroatoms. The van der Waals surface area contributed by atoms with Crippen LogP contribution in [0, 0.1) is 0 Å². The fourth-order valence-electron chi connectivity index (χ4n) is 1.71. The summed E-state index contributed by atoms with van der Waals surface area (Å²) in [7, 11) is 4.01. The van der Waals surface area contributed by atoms with Crippen LogP contribution in [0.1, 0.15) is 12.6 Å². The van der Waals surface area contributed by atoms with Crippen molar-refractivity contribution in [3.8, 4) is 5.75 Å². The van der Waals surface area contributed by atoms with Gasteiger partial charge in [-0.2, -0.15) is 0 Å². The summed E-state index contributed by atoms with van der Waals surface area (Å²) >= 11 is 0. The largest absolute Gasteiger partial charge is 0.487 e. The van der Waals surface area contributed by atoms with Crippen LogP contribution in [0.4, 0.5) is 11.5 Å². The molecule has 20 heavy (non-hydrogen) atoms. The van der Waals surface area contributed by atoms with Gasteiger partial charge in [-0.3, -0.25) is 4.98 Å². The molecule has 0 saturated heterocycles. The maximum absolute atomic E-state index is 5.73. The van der Waals surface area contributed by atoms with Crippen molar-refractivity contribution in [2.75, 3.05) is 30.9 Å². The third-order valence-electron chi connectivity index (χ3n) is 2.78. The van der Waals surface area contributed by atoms with E-state index in [1.165, 1.54) is 0 Å². The Morgan fingerprint density at radius 2 is 2.05 bits per heavy atom. The van der Waals surface area contributed by atoms with Gasteiger partial charge in [0.2, 0.25) is 0 Å². The molecule has 0 radical (unpaired) electrons. The number of nitrogens with one attached hydrogen (secondary N) is 1. The first-order valence-electron chi connectivity index (χ1n) is 6.64. The summed E-state index contributed by atoms with van der Waals surface area (Å²) in [5, 5.41) is 3.11. The third kappa shape index (κ3) is 3.85. The Balaban J connectivity index is 1.96. The summed E-state index contributed by atoms with van der Waals surface area (Å²) in [6.07, 6.45) is 3.45. The second-order valence-corrected chi connectivity index (χ2v) is 4.60. The fraction of sp³-hybridized carbons (Fsp3) is 0.333. The van der Waals surface area contributed by atoms with E-state index in [9.17, 15) is 0 Å². The molecule has 0 spiro atoms. The predicted molar refractivity (Wildman–Crippen MR) is 81.3 cm³/mol. The first-order chi connectivity index (χ1) is 9.69. The molecule has 0 unspecified atom stereocenters. The second kappa shape index (κ2) is 6.75. The van der Waals surface area contributed by atoms with Crippen LogP contribution in [0.2, 0.25) is 0 Å². The molecule has 0 aliphatic rings. The molecule has 5 nitrogen and oxygen atoms in total. The van der Waals surface area contributed by atoms with Gasteiger partial charge in [-0.1, -0.05) is 6.07 Å². The smallest absolute Gasteiger partial charge is 0.144 e. The normalized spacial score (nSPS) is 10.2. The summed E-state index contributed by atoms with van der Waals surface area (Å²) in [6.45, 7) is 3.27. The highest BCUT2D eigenvalue weighted by molar-refractivity contribution is 5.49. The fourth-order valence-corrected chi connectivity index (χ4v) is 1.71. The number of rotatable bonds is 6. The highest BCUT2D eigenvalue weighted by Crippen LogP contribution is 2.20. The predicted octanol–water partition coefficient (Wildman–Crippen LogP) is 2.55. The van der Waals surface area contributed by atoms with E-state index in [-0.39, 0.29) is 0 Å². The molecule has 0 aliphatic carbocycles. The van der Waals surface area contributed by atoms with E-state index in [0.717, 1.165) is 29.5 Å². The van der Waals surface area contributed by atoms with E-state index >= 15 is 0 Å². The van der Waals surface area contributed by atoms with Crippen molar-refractivity contribution in [3.05, 3.63) is 42.4 Å². The van der Waals surface area contributed by atoms with Gasteiger partial charge in [0.25, 0.3) is 0 Å². The molecule has 106 valence electrons. The van der Waals surface area contributed by atoms with E-state index in [1.54, 1.807) is 12.4 Å². The Kier molecular flexibility index (Phi) is 4.76. The van der Waals surface area contributed by atoms with E-state index < -0.39 is 0 Å². The molecule has 0 atom stereocenters. The monoisotopic (exact) mass is 272 g/mol. The number of benzene rings is 1. The first-order valence-corrected chi connectivity index (χ1v) is 6.64. The number of hydrogen-bond donors (Lipinski definition) is 1. The average Bonchev–Trinajstić information content (AvgIpc) is 2.47. The Morgan fingerprint density at radius 1 is 1.20 bits per heavy atom. The number of ether oxygens (including phenoxy) is 1. The lowest BCUT2D eigenvalue weighted by atomic mass is 10.3. The van der Waals surface area contributed by atoms with Gasteiger partial charge in [0, 0.05) is 32.4 Å². The second-order valence-electron chi connectivity index (χ2n) is 4.60. The standard InChI is InChI=1S/C15H20N4O/c1-4-16-15-10-17-12(9-18-15)11-20-14-7-5-6-13(8-14)19(2)3/h5-10H,4,11H2,1-3H3,(H,16,18). The lowest BCUT2D eigenvalue weighted by Crippen LogP contribution is -2.08. The maximum Gasteiger partial charge on any atom is 0.144 e. The molecule has 1 N–H and O–H groups in total. The van der Waals surface area contributed by atoms with Gasteiger partial charge >= 0.3 is 0 Å². The molecule has 1 heterocycles. The van der Waals surface area contributed by atoms with Crippen molar-refractivity contribution in [2.45, 2.75) is 13.5 Å². The third-order valence-corrected chi connectivity index (χ3v) is 2.78. The maximum atomic E-state index is 5.73. The van der Waals surface area contributed by atoms with Crippen molar-refractivity contribution in [1.29, 1.82) is 0 Å². The van der Waals surface area contributed by atoms with Gasteiger partial charge in [0.15, 0.2) is 0 Å². The van der Waals surface area contributed by atoms with Crippen LogP contribution in [-0.2, 0) is 6.61 Å². The van der Waals surface area contributed by atoms with Gasteiger partial charge in [-0.05, 0) is 19.1 Å². The summed E-state index contributed by atoms with van der Waals surface area (Å²) in [4.78, 5) is 10.6. The van der Waals surface area contributed by atoms with Crippen LogP contribution in [0.15, 0.2) is 36.7 Å². The first kappa shape index (κ1) is 14.1. The molecule has 2 rings (SSSR count). The van der Waals surface area contributed by atoms with Gasteiger partial charge in [0.05, 0.1) is 18.1 Å². The molecular weight excluding hydrogens is 252 g/mol. The molecular formula is C15H20N4O. The minimum atomic E-state index is 0.413. The van der Waals surface area contributed by atoms with Crippen LogP contribution < -0.4 is 15.0 Å². The highest BCUT2D eigenvalue weighted by atomic mass is 16.5. The number of anilines is 2. The van der Waals surface area contributed by atoms with Crippen molar-refractivity contribution in [1.82, 2.24) is 9.97 Å². The minimum Gasteiger partial charge on any atom is -0.487 e. The van der Waals surface area contributed by atoms with Gasteiger partial charge in [-0.25, -0.2) is 4.98 Å². The summed E-state index contributed by atoms with van der Waals surface area (Å²) in [6, 6.07) is 7.95. The van der Waals surface area contributed by atoms with Crippen molar-refractivity contribution >= 4 is 11.5 Å². The molecule has 0 bridgehead atoms. The van der Waals surface area contributed by atoms with Crippen molar-refractivity contribution < 1.29 is 4.74 Å². The summed E-state index contributed by atoms with van der Waals surface area (Å²) in [5.74, 6) is 1.61. The lowest BCUT2D eigenvalue weighted by molar-refractivity contribution is 0.301. The van der Waals surface area contributed by atoms with Crippen molar-refractivity contribution in [2.24, 2.45) is 0 Å². The Hall–Kier alpha value is -2.30. The topological polar surface area (TPSA) is 50.3 Å². The van der Waals surface area contributed by atoms with E-state index in [2.05, 4.69) is 15.3 Å². The van der Waals surface area contributed by atoms with Gasteiger partial charge < -0.3 is 15.0 Å². The van der Waals surface area contributed by atoms with Crippen LogP contribution in [0.3, 0.4) is 0 Å². The quantitative estimate of drug-likeness (QED) is 0.875. The summed E-state index contributed by atoms with van der Waals surface area (Å²) < 4.78 is 5.73. The van der Waals surface area contributed by atoms with Crippen LogP contribution >= 0.6 is 0 Å². The minimum absolute atomic E-state index is 0.413. The number of hydrogen-bond acceptors (Lipinski definition) is 5. The van der Waals surface area contributed by atoms with Gasteiger partial charge in [-0.15, -0.1) is 0 Å². The van der Waals surface area contributed by atoms with E-state index in [0.29, 0.717) is 6.61 Å². The van der Waals surface area contributed by atoms with Crippen LogP contribution in [0.25, 0.3) is 0 Å². The molecule has 0 fully saturated rings. The number of nitrogens with zero attached hydrogens (tertiary/aromatic N) is 3. The van der Waals surface area contributed by atoms with Gasteiger partial charge in [0.1, 0.15) is 18.2 Å². The summed E-state index contributed by atoms with van der Waals surface area (Å²) in [5.41, 5.74) is 1.91. The Labute approximate surface area is 119 Å². The molecule has 0 saturated carbocycles. The van der Waals surface area contributed by atoms with E-state index in [1.807, 2.05) is 50.2 Å². The molecule has 2 aromatic rings. The molecule has 0 amide bonds. The number of aromatic nitrogens is 2. The Morgan fingerprint density at radius 3 is 2.70 bits per heavy atom. The van der Waals surface area contributed by atoms with Crippen molar-refractivity contribution in [3.63, 3.8) is 0 Å². The zero-order valence-electron chi connectivity index (χ0n) is 12.1. The molecule has 0 aliphatic heterocycles. The highest BCUT2D eigenvalue weighted by Gasteiger charge is 2.01. The average molecular weight is 272 g/mol. The SMILES string of the molecule is CCNc1cnc(COc2cccc(N(C)C)c2)cn1. The zero-order chi connectivity index (χ0) is 14.4. The van der Waals surface area contributed by atoms with E-state index in [4.69, 9.17) is 4.74 Å². The van der Waals surface area contributed by atoms with Crippen LogP contribution in [-0.4, -0.2) is 30.6 Å². The molecule has 1 aromatic carbocycles. The molecule has 1 aromatic heterocycles. The lowest BCUT2D eigenvalue weighted by Gasteiger charge is -2.14. The Bertz CT molecular complexity index is 540.